The van der Waals surface area contributed by atoms with Gasteiger partial charge in [-0.15, -0.1) is 5.10 Å². The third-order valence-corrected chi connectivity index (χ3v) is 3.07. The second kappa shape index (κ2) is 6.47. The summed E-state index contributed by atoms with van der Waals surface area (Å²) >= 11 is 1.49. The summed E-state index contributed by atoms with van der Waals surface area (Å²) in [5.41, 5.74) is 6.29. The fourth-order valence-corrected chi connectivity index (χ4v) is 2.12. The van der Waals surface area contributed by atoms with Gasteiger partial charge >= 0.3 is 0 Å². The highest BCUT2D eigenvalue weighted by Gasteiger charge is 2.09. The number of ether oxygens (including phenoxy) is 1. The Hall–Kier alpha value is -1.45. The largest absolute Gasteiger partial charge is 0.377 e. The first-order valence-electron chi connectivity index (χ1n) is 5.36. The zero-order chi connectivity index (χ0) is 12.8. The first kappa shape index (κ1) is 13.0. The fraction of sp³-hybridized carbons (Fsp3) is 0.556. The number of nitrogens with two attached hydrogens (primary N) is 1. The Morgan fingerprint density at radius 2 is 2.44 bits per heavy atom. The number of thioether (sulfide) groups is 1. The van der Waals surface area contributed by atoms with Crippen LogP contribution in [0.15, 0.2) is 15.7 Å². The van der Waals surface area contributed by atoms with Crippen LogP contribution in [0.25, 0.3) is 0 Å². The maximum absolute atomic E-state index is 5.47. The molecule has 0 saturated carbocycles. The van der Waals surface area contributed by atoms with Crippen molar-refractivity contribution in [2.45, 2.75) is 24.1 Å². The van der Waals surface area contributed by atoms with Gasteiger partial charge in [0.25, 0.3) is 0 Å². The van der Waals surface area contributed by atoms with Crippen LogP contribution in [0.5, 0.6) is 0 Å². The summed E-state index contributed by atoms with van der Waals surface area (Å²) < 4.78 is 11.7. The zero-order valence-corrected chi connectivity index (χ0v) is 10.8. The van der Waals surface area contributed by atoms with Gasteiger partial charge in [-0.1, -0.05) is 16.9 Å². The van der Waals surface area contributed by atoms with Crippen LogP contribution in [0.1, 0.15) is 11.5 Å². The Bertz CT molecular complexity index is 485. The van der Waals surface area contributed by atoms with E-state index in [0.29, 0.717) is 31.2 Å². The van der Waals surface area contributed by atoms with Crippen molar-refractivity contribution in [1.29, 1.82) is 0 Å². The quantitative estimate of drug-likeness (QED) is 0.704. The standard InChI is InChI=1S/C9H14N6O2S/c1-16-5-8-4-7(12-17-8)6-18-9-11-13-14-15(9)3-2-10/h4H,2-3,5-6,10H2,1H3. The van der Waals surface area contributed by atoms with Crippen molar-refractivity contribution in [2.24, 2.45) is 5.73 Å². The first-order chi connectivity index (χ1) is 8.83. The van der Waals surface area contributed by atoms with E-state index in [-0.39, 0.29) is 0 Å². The number of aromatic nitrogens is 5. The van der Waals surface area contributed by atoms with E-state index in [1.807, 2.05) is 6.07 Å². The molecule has 0 spiro atoms. The van der Waals surface area contributed by atoms with Gasteiger partial charge in [0.15, 0.2) is 5.76 Å². The zero-order valence-electron chi connectivity index (χ0n) is 9.94. The number of rotatable bonds is 7. The SMILES string of the molecule is COCc1cc(CSc2nnnn2CCN)no1. The summed E-state index contributed by atoms with van der Waals surface area (Å²) in [4.78, 5) is 0. The minimum atomic E-state index is 0.419. The number of methoxy groups -OCH3 is 1. The molecule has 98 valence electrons. The van der Waals surface area contributed by atoms with Crippen molar-refractivity contribution < 1.29 is 9.26 Å². The lowest BCUT2D eigenvalue weighted by Crippen LogP contribution is -2.12. The molecule has 0 atom stereocenters. The van der Waals surface area contributed by atoms with Crippen molar-refractivity contribution in [2.75, 3.05) is 13.7 Å². The van der Waals surface area contributed by atoms with E-state index in [1.165, 1.54) is 11.8 Å². The van der Waals surface area contributed by atoms with E-state index in [9.17, 15) is 0 Å². The molecular formula is C9H14N6O2S. The predicted octanol–water partition coefficient (Wildman–Crippen LogP) is 0.0585. The van der Waals surface area contributed by atoms with Crippen LogP contribution in [0, 0.1) is 0 Å². The Balaban J connectivity index is 1.91. The maximum Gasteiger partial charge on any atom is 0.209 e. The molecule has 9 heteroatoms. The molecule has 0 unspecified atom stereocenters. The predicted molar refractivity (Wildman–Crippen MR) is 63.6 cm³/mol. The van der Waals surface area contributed by atoms with Gasteiger partial charge in [0, 0.05) is 25.5 Å². The summed E-state index contributed by atoms with van der Waals surface area (Å²) in [7, 11) is 1.61. The van der Waals surface area contributed by atoms with Gasteiger partial charge in [0.1, 0.15) is 6.61 Å². The third kappa shape index (κ3) is 3.28. The number of hydrogen-bond donors (Lipinski definition) is 1. The molecule has 2 heterocycles. The normalized spacial score (nSPS) is 11.0. The minimum absolute atomic E-state index is 0.419. The number of nitrogens with zero attached hydrogens (tertiary/aromatic N) is 5. The topological polar surface area (TPSA) is 105 Å². The van der Waals surface area contributed by atoms with Crippen LogP contribution in [0.2, 0.25) is 0 Å². The molecule has 0 aromatic carbocycles. The second-order valence-electron chi connectivity index (χ2n) is 3.48. The van der Waals surface area contributed by atoms with Crippen LogP contribution in [0.4, 0.5) is 0 Å². The molecule has 0 aliphatic heterocycles. The van der Waals surface area contributed by atoms with Gasteiger partial charge in [-0.05, 0) is 10.4 Å². The van der Waals surface area contributed by atoms with Gasteiger partial charge in [-0.2, -0.15) is 0 Å². The molecule has 0 amide bonds. The Morgan fingerprint density at radius 3 is 3.22 bits per heavy atom. The average molecular weight is 270 g/mol. The van der Waals surface area contributed by atoms with E-state index >= 15 is 0 Å². The minimum Gasteiger partial charge on any atom is -0.377 e. The van der Waals surface area contributed by atoms with Gasteiger partial charge in [-0.3, -0.25) is 0 Å². The molecule has 2 rings (SSSR count). The van der Waals surface area contributed by atoms with Crippen LogP contribution in [0.3, 0.4) is 0 Å². The summed E-state index contributed by atoms with van der Waals surface area (Å²) in [5, 5.41) is 16.0. The van der Waals surface area contributed by atoms with Crippen LogP contribution in [-0.4, -0.2) is 39.0 Å². The van der Waals surface area contributed by atoms with Gasteiger partial charge in [-0.25, -0.2) is 4.68 Å². The lowest BCUT2D eigenvalue weighted by molar-refractivity contribution is 0.156. The molecule has 0 radical (unpaired) electrons. The van der Waals surface area contributed by atoms with E-state index in [2.05, 4.69) is 20.7 Å². The Labute approximate surface area is 108 Å². The molecule has 2 aromatic rings. The summed E-state index contributed by atoms with van der Waals surface area (Å²) in [6, 6.07) is 1.85. The van der Waals surface area contributed by atoms with Gasteiger partial charge < -0.3 is 15.0 Å². The highest BCUT2D eigenvalue weighted by atomic mass is 32.2. The molecule has 0 fully saturated rings. The Morgan fingerprint density at radius 1 is 1.56 bits per heavy atom. The van der Waals surface area contributed by atoms with Crippen molar-refractivity contribution in [3.05, 3.63) is 17.5 Å². The van der Waals surface area contributed by atoms with Crippen molar-refractivity contribution in [1.82, 2.24) is 25.4 Å². The van der Waals surface area contributed by atoms with E-state index < -0.39 is 0 Å². The molecule has 0 saturated heterocycles. The first-order valence-corrected chi connectivity index (χ1v) is 6.34. The summed E-state index contributed by atoms with van der Waals surface area (Å²) in [6.45, 7) is 1.52. The van der Waals surface area contributed by atoms with Crippen molar-refractivity contribution in [3.8, 4) is 0 Å². The molecule has 2 N–H and O–H groups in total. The lowest BCUT2D eigenvalue weighted by Gasteiger charge is -1.99. The van der Waals surface area contributed by atoms with E-state index in [0.717, 1.165) is 10.9 Å². The second-order valence-corrected chi connectivity index (χ2v) is 4.42. The molecule has 2 aromatic heterocycles. The maximum atomic E-state index is 5.47. The highest BCUT2D eigenvalue weighted by molar-refractivity contribution is 7.98. The monoisotopic (exact) mass is 270 g/mol. The Kier molecular flexibility index (Phi) is 4.67. The average Bonchev–Trinajstić information content (AvgIpc) is 2.97. The van der Waals surface area contributed by atoms with Crippen molar-refractivity contribution in [3.63, 3.8) is 0 Å². The van der Waals surface area contributed by atoms with E-state index in [4.69, 9.17) is 15.0 Å². The van der Waals surface area contributed by atoms with Gasteiger partial charge in [0.2, 0.25) is 5.16 Å². The van der Waals surface area contributed by atoms with Crippen LogP contribution < -0.4 is 5.73 Å². The number of hydrogen-bond acceptors (Lipinski definition) is 8. The summed E-state index contributed by atoms with van der Waals surface area (Å²) in [6.07, 6.45) is 0. The smallest absolute Gasteiger partial charge is 0.209 e. The van der Waals surface area contributed by atoms with Crippen molar-refractivity contribution >= 4 is 11.8 Å². The fourth-order valence-electron chi connectivity index (χ4n) is 1.34. The summed E-state index contributed by atoms with van der Waals surface area (Å²) in [5.74, 6) is 1.34. The number of tetrazole rings is 1. The third-order valence-electron chi connectivity index (χ3n) is 2.08. The van der Waals surface area contributed by atoms with Crippen LogP contribution in [-0.2, 0) is 23.6 Å². The molecular weight excluding hydrogens is 256 g/mol. The van der Waals surface area contributed by atoms with E-state index in [1.54, 1.807) is 11.8 Å². The molecule has 18 heavy (non-hydrogen) atoms. The molecule has 0 aliphatic rings. The molecule has 0 aliphatic carbocycles. The van der Waals surface area contributed by atoms with Gasteiger partial charge in [0.05, 0.1) is 12.2 Å². The van der Waals surface area contributed by atoms with Crippen LogP contribution >= 0.6 is 11.8 Å². The highest BCUT2D eigenvalue weighted by Crippen LogP contribution is 2.19. The molecule has 8 nitrogen and oxygen atoms in total. The lowest BCUT2D eigenvalue weighted by atomic mass is 10.4. The molecule has 0 bridgehead atoms.